The maximum atomic E-state index is 4.56. The van der Waals surface area contributed by atoms with Gasteiger partial charge in [-0.25, -0.2) is 4.68 Å². The van der Waals surface area contributed by atoms with Crippen LogP contribution < -0.4 is 10.7 Å². The second kappa shape index (κ2) is 9.18. The Labute approximate surface area is 189 Å². The summed E-state index contributed by atoms with van der Waals surface area (Å²) < 4.78 is 1.91. The van der Waals surface area contributed by atoms with Gasteiger partial charge in [0.15, 0.2) is 0 Å². The SMILES string of the molecule is Cc1ccc(Cn2cc(P(C#Cc3ccccc3)c3cccc4ccccc34)nn2)cc1. The first-order valence-corrected chi connectivity index (χ1v) is 11.9. The van der Waals surface area contributed by atoms with Gasteiger partial charge in [0, 0.05) is 10.9 Å². The molecule has 0 aliphatic carbocycles. The molecule has 5 aromatic rings. The van der Waals surface area contributed by atoms with Gasteiger partial charge in [0.1, 0.15) is 5.44 Å². The van der Waals surface area contributed by atoms with E-state index in [1.165, 1.54) is 27.2 Å². The van der Waals surface area contributed by atoms with Crippen molar-refractivity contribution in [3.05, 3.63) is 120 Å². The maximum Gasteiger partial charge on any atom is 0.122 e. The Morgan fingerprint density at radius 1 is 0.812 bits per heavy atom. The first kappa shape index (κ1) is 20.2. The molecule has 0 bridgehead atoms. The van der Waals surface area contributed by atoms with E-state index in [-0.39, 0.29) is 0 Å². The van der Waals surface area contributed by atoms with Gasteiger partial charge in [-0.2, -0.15) is 0 Å². The van der Waals surface area contributed by atoms with Crippen molar-refractivity contribution < 1.29 is 0 Å². The predicted molar refractivity (Wildman–Crippen MR) is 134 cm³/mol. The van der Waals surface area contributed by atoms with E-state index in [0.717, 1.165) is 11.0 Å². The zero-order valence-corrected chi connectivity index (χ0v) is 18.7. The number of aromatic nitrogens is 3. The van der Waals surface area contributed by atoms with Gasteiger partial charge in [0.25, 0.3) is 0 Å². The van der Waals surface area contributed by atoms with Crippen LogP contribution in [-0.2, 0) is 6.54 Å². The number of hydrogen-bond donors (Lipinski definition) is 0. The molecule has 1 atom stereocenters. The van der Waals surface area contributed by atoms with E-state index in [4.69, 9.17) is 0 Å². The van der Waals surface area contributed by atoms with Crippen molar-refractivity contribution in [1.29, 1.82) is 0 Å². The summed E-state index contributed by atoms with van der Waals surface area (Å²) in [5, 5.41) is 12.6. The molecule has 0 saturated heterocycles. The molecule has 154 valence electrons. The first-order valence-electron chi connectivity index (χ1n) is 10.6. The van der Waals surface area contributed by atoms with Crippen LogP contribution in [0.15, 0.2) is 103 Å². The topological polar surface area (TPSA) is 30.7 Å². The Kier molecular flexibility index (Phi) is 5.79. The largest absolute Gasteiger partial charge is 0.247 e. The third-order valence-corrected chi connectivity index (χ3v) is 7.18. The lowest BCUT2D eigenvalue weighted by atomic mass is 10.1. The number of benzene rings is 4. The summed E-state index contributed by atoms with van der Waals surface area (Å²) in [5.74, 6) is 3.37. The molecule has 1 heterocycles. The monoisotopic (exact) mass is 431 g/mol. The van der Waals surface area contributed by atoms with Crippen molar-refractivity contribution in [2.45, 2.75) is 13.5 Å². The van der Waals surface area contributed by atoms with E-state index in [1.807, 2.05) is 41.2 Å². The summed E-state index contributed by atoms with van der Waals surface area (Å²) in [5.41, 5.74) is 7.93. The van der Waals surface area contributed by atoms with Crippen LogP contribution >= 0.6 is 7.92 Å². The van der Waals surface area contributed by atoms with E-state index in [9.17, 15) is 0 Å². The van der Waals surface area contributed by atoms with Crippen molar-refractivity contribution in [3.63, 3.8) is 0 Å². The third-order valence-electron chi connectivity index (χ3n) is 5.31. The number of nitrogens with zero attached hydrogens (tertiary/aromatic N) is 3. The third kappa shape index (κ3) is 4.47. The Bertz CT molecular complexity index is 1400. The predicted octanol–water partition coefficient (Wildman–Crippen LogP) is 5.23. The Morgan fingerprint density at radius 3 is 2.41 bits per heavy atom. The normalized spacial score (nSPS) is 11.7. The van der Waals surface area contributed by atoms with Crippen molar-refractivity contribution in [2.75, 3.05) is 0 Å². The lowest BCUT2D eigenvalue weighted by molar-refractivity contribution is 0.650. The van der Waals surface area contributed by atoms with Crippen LogP contribution in [0.1, 0.15) is 16.7 Å². The van der Waals surface area contributed by atoms with Crippen molar-refractivity contribution >= 4 is 29.4 Å². The Morgan fingerprint density at radius 2 is 1.56 bits per heavy atom. The van der Waals surface area contributed by atoms with Gasteiger partial charge in [-0.1, -0.05) is 107 Å². The molecule has 1 unspecified atom stereocenters. The highest BCUT2D eigenvalue weighted by atomic mass is 31.1. The van der Waals surface area contributed by atoms with Gasteiger partial charge in [-0.3, -0.25) is 0 Å². The van der Waals surface area contributed by atoms with Crippen molar-refractivity contribution in [2.24, 2.45) is 0 Å². The van der Waals surface area contributed by atoms with E-state index in [0.29, 0.717) is 6.54 Å². The van der Waals surface area contributed by atoms with Crippen LogP contribution in [0.25, 0.3) is 10.8 Å². The molecule has 0 saturated carbocycles. The molecular formula is C28H22N3P. The highest BCUT2D eigenvalue weighted by Gasteiger charge is 2.18. The molecule has 0 amide bonds. The molecule has 0 N–H and O–H groups in total. The summed E-state index contributed by atoms with van der Waals surface area (Å²) in [7, 11) is -0.989. The fraction of sp³-hybridized carbons (Fsp3) is 0.0714. The van der Waals surface area contributed by atoms with E-state index >= 15 is 0 Å². The summed E-state index contributed by atoms with van der Waals surface area (Å²) in [6, 6.07) is 33.5. The molecular weight excluding hydrogens is 409 g/mol. The van der Waals surface area contributed by atoms with Crippen LogP contribution in [0.3, 0.4) is 0 Å². The molecule has 32 heavy (non-hydrogen) atoms. The standard InChI is InChI=1S/C28H22N3P/c1-22-14-16-24(17-15-22)20-31-21-28(29-30-31)32(19-18-23-8-3-2-4-9-23)27-13-7-11-25-10-5-6-12-26(25)27/h2-17,21H,20H2,1H3. The van der Waals surface area contributed by atoms with E-state index < -0.39 is 7.92 Å². The molecule has 0 radical (unpaired) electrons. The number of hydrogen-bond acceptors (Lipinski definition) is 2. The smallest absolute Gasteiger partial charge is 0.122 e. The fourth-order valence-corrected chi connectivity index (χ4v) is 5.42. The van der Waals surface area contributed by atoms with Crippen molar-refractivity contribution in [1.82, 2.24) is 15.0 Å². The minimum absolute atomic E-state index is 0.693. The Hall–Kier alpha value is -3.73. The average molecular weight is 431 g/mol. The summed E-state index contributed by atoms with van der Waals surface area (Å²) >= 11 is 0. The summed E-state index contributed by atoms with van der Waals surface area (Å²) in [6.45, 7) is 2.79. The van der Waals surface area contributed by atoms with Gasteiger partial charge in [0.05, 0.1) is 20.7 Å². The lowest BCUT2D eigenvalue weighted by Gasteiger charge is -2.11. The molecule has 0 aliphatic rings. The fourth-order valence-electron chi connectivity index (χ4n) is 3.63. The van der Waals surface area contributed by atoms with Gasteiger partial charge in [0.2, 0.25) is 0 Å². The van der Waals surface area contributed by atoms with Gasteiger partial charge in [-0.05, 0) is 35.4 Å². The van der Waals surface area contributed by atoms with E-state index in [2.05, 4.69) is 95.5 Å². The van der Waals surface area contributed by atoms with Crippen LogP contribution in [0, 0.1) is 18.5 Å². The second-order valence-corrected chi connectivity index (χ2v) is 9.53. The Balaban J connectivity index is 1.55. The van der Waals surface area contributed by atoms with Crippen molar-refractivity contribution in [3.8, 4) is 11.6 Å². The maximum absolute atomic E-state index is 4.56. The van der Waals surface area contributed by atoms with Gasteiger partial charge >= 0.3 is 0 Å². The minimum Gasteiger partial charge on any atom is -0.247 e. The lowest BCUT2D eigenvalue weighted by Crippen LogP contribution is -2.13. The quantitative estimate of drug-likeness (QED) is 0.288. The highest BCUT2D eigenvalue weighted by Crippen LogP contribution is 2.34. The molecule has 4 heteroatoms. The highest BCUT2D eigenvalue weighted by molar-refractivity contribution is 7.77. The molecule has 4 aromatic carbocycles. The minimum atomic E-state index is -0.989. The molecule has 0 spiro atoms. The van der Waals surface area contributed by atoms with Crippen LogP contribution in [0.5, 0.6) is 0 Å². The number of fused-ring (bicyclic) bond motifs is 1. The molecule has 1 aromatic heterocycles. The zero-order valence-electron chi connectivity index (χ0n) is 17.8. The summed E-state index contributed by atoms with van der Waals surface area (Å²) in [4.78, 5) is 0. The zero-order chi connectivity index (χ0) is 21.8. The molecule has 0 fully saturated rings. The number of rotatable bonds is 4. The molecule has 0 aliphatic heterocycles. The second-order valence-electron chi connectivity index (χ2n) is 7.70. The summed E-state index contributed by atoms with van der Waals surface area (Å²) in [6.07, 6.45) is 2.05. The first-order chi connectivity index (χ1) is 15.8. The van der Waals surface area contributed by atoms with Crippen LogP contribution in [0.2, 0.25) is 0 Å². The number of aryl methyl sites for hydroxylation is 1. The van der Waals surface area contributed by atoms with Crippen LogP contribution in [-0.4, -0.2) is 15.0 Å². The van der Waals surface area contributed by atoms with Gasteiger partial charge in [-0.15, -0.1) is 5.10 Å². The van der Waals surface area contributed by atoms with Gasteiger partial charge < -0.3 is 0 Å². The van der Waals surface area contributed by atoms with Crippen LogP contribution in [0.4, 0.5) is 0 Å². The average Bonchev–Trinajstić information content (AvgIpc) is 3.29. The molecule has 3 nitrogen and oxygen atoms in total. The van der Waals surface area contributed by atoms with E-state index in [1.54, 1.807) is 0 Å². The molecule has 5 rings (SSSR count).